The number of ether oxygens (including phenoxy) is 1. The first-order chi connectivity index (χ1) is 17.0. The maximum Gasteiger partial charge on any atom is 0.338 e. The number of amides is 3. The number of hydrogen-bond donors (Lipinski definition) is 1. The zero-order valence-electron chi connectivity index (χ0n) is 19.8. The molecule has 2 aromatic carbocycles. The fourth-order valence-corrected chi connectivity index (χ4v) is 4.68. The number of esters is 1. The predicted molar refractivity (Wildman–Crippen MR) is 140 cm³/mol. The van der Waals surface area contributed by atoms with E-state index in [4.69, 9.17) is 51.1 Å². The number of imide groups is 1. The number of anilines is 1. The van der Waals surface area contributed by atoms with E-state index in [-0.39, 0.29) is 43.6 Å². The van der Waals surface area contributed by atoms with Gasteiger partial charge in [-0.2, -0.15) is 0 Å². The molecular formula is C25H24Cl4N2O5. The Morgan fingerprint density at radius 2 is 1.44 bits per heavy atom. The summed E-state index contributed by atoms with van der Waals surface area (Å²) in [6.45, 7) is 6.07. The molecule has 3 amide bonds. The van der Waals surface area contributed by atoms with Crippen molar-refractivity contribution < 1.29 is 23.9 Å². The maximum atomic E-state index is 13.3. The number of carbonyl (C=O) groups is 4. The molecule has 1 atom stereocenters. The Bertz CT molecular complexity index is 1170. The van der Waals surface area contributed by atoms with Crippen LogP contribution in [-0.2, 0) is 9.53 Å². The van der Waals surface area contributed by atoms with Gasteiger partial charge in [-0.25, -0.2) is 4.79 Å². The lowest BCUT2D eigenvalue weighted by atomic mass is 10.1. The van der Waals surface area contributed by atoms with Crippen molar-refractivity contribution in [2.75, 3.05) is 11.9 Å². The van der Waals surface area contributed by atoms with Crippen LogP contribution in [0.25, 0.3) is 0 Å². The van der Waals surface area contributed by atoms with Gasteiger partial charge in [0.25, 0.3) is 11.8 Å². The Morgan fingerprint density at radius 1 is 0.917 bits per heavy atom. The summed E-state index contributed by atoms with van der Waals surface area (Å²) in [5.41, 5.74) is 0.342. The lowest BCUT2D eigenvalue weighted by Gasteiger charge is -2.25. The molecule has 1 aliphatic heterocycles. The van der Waals surface area contributed by atoms with Crippen LogP contribution in [0, 0.1) is 5.92 Å². The van der Waals surface area contributed by atoms with Gasteiger partial charge in [0.15, 0.2) is 0 Å². The third-order valence-corrected chi connectivity index (χ3v) is 7.32. The lowest BCUT2D eigenvalue weighted by Crippen LogP contribution is -2.47. The molecule has 192 valence electrons. The van der Waals surface area contributed by atoms with Crippen LogP contribution in [0.15, 0.2) is 24.3 Å². The maximum absolute atomic E-state index is 13.3. The van der Waals surface area contributed by atoms with Crippen LogP contribution in [-0.4, -0.2) is 41.2 Å². The summed E-state index contributed by atoms with van der Waals surface area (Å²) in [4.78, 5) is 52.8. The second kappa shape index (κ2) is 11.8. The summed E-state index contributed by atoms with van der Waals surface area (Å²) in [6.07, 6.45) is 1.50. The van der Waals surface area contributed by atoms with Gasteiger partial charge in [0.1, 0.15) is 6.04 Å². The molecule has 0 aliphatic carbocycles. The highest BCUT2D eigenvalue weighted by Gasteiger charge is 2.46. The van der Waals surface area contributed by atoms with Crippen molar-refractivity contribution in [3.05, 3.63) is 61.0 Å². The van der Waals surface area contributed by atoms with Crippen LogP contribution in [0.1, 0.15) is 71.1 Å². The van der Waals surface area contributed by atoms with Gasteiger partial charge in [0, 0.05) is 5.69 Å². The van der Waals surface area contributed by atoms with Gasteiger partial charge in [0.05, 0.1) is 43.4 Å². The van der Waals surface area contributed by atoms with E-state index in [1.165, 1.54) is 24.3 Å². The standard InChI is InChI=1S/C25H24Cl4N2O5/c1-4-5-6-15(22(32)30-14-9-7-13(8-10-14)25(35)36-11-12(2)3)31-23(33)16-17(24(31)34)19(27)21(29)20(28)18(16)26/h7-10,12,15H,4-6,11H2,1-3H3,(H,30,32)/t15-/m0/s1. The molecule has 11 heteroatoms. The highest BCUT2D eigenvalue weighted by Crippen LogP contribution is 2.45. The minimum absolute atomic E-state index is 0.147. The first-order valence-corrected chi connectivity index (χ1v) is 12.8. The smallest absolute Gasteiger partial charge is 0.338 e. The van der Waals surface area contributed by atoms with Gasteiger partial charge in [-0.05, 0) is 36.6 Å². The van der Waals surface area contributed by atoms with Crippen LogP contribution >= 0.6 is 46.4 Å². The summed E-state index contributed by atoms with van der Waals surface area (Å²) >= 11 is 24.6. The third kappa shape index (κ3) is 5.65. The van der Waals surface area contributed by atoms with Crippen molar-refractivity contribution in [1.82, 2.24) is 4.90 Å². The molecule has 0 saturated carbocycles. The molecule has 0 spiro atoms. The number of unbranched alkanes of at least 4 members (excludes halogenated alkanes) is 1. The summed E-state index contributed by atoms with van der Waals surface area (Å²) in [5.74, 6) is -2.41. The first kappa shape index (κ1) is 28.3. The van der Waals surface area contributed by atoms with E-state index in [0.29, 0.717) is 24.3 Å². The fraction of sp³-hybridized carbons (Fsp3) is 0.360. The molecule has 2 aromatic rings. The van der Waals surface area contributed by atoms with Crippen molar-refractivity contribution in [3.63, 3.8) is 0 Å². The van der Waals surface area contributed by atoms with Crippen molar-refractivity contribution in [3.8, 4) is 0 Å². The Hall–Kier alpha value is -2.32. The number of nitrogens with zero attached hydrogens (tertiary/aromatic N) is 1. The average molecular weight is 574 g/mol. The van der Waals surface area contributed by atoms with Crippen LogP contribution in [0.3, 0.4) is 0 Å². The van der Waals surface area contributed by atoms with Crippen LogP contribution in [0.4, 0.5) is 5.69 Å². The minimum Gasteiger partial charge on any atom is -0.462 e. The van der Waals surface area contributed by atoms with Crippen molar-refractivity contribution in [2.45, 2.75) is 46.1 Å². The first-order valence-electron chi connectivity index (χ1n) is 11.3. The van der Waals surface area contributed by atoms with E-state index in [9.17, 15) is 19.2 Å². The normalized spacial score (nSPS) is 13.7. The summed E-state index contributed by atoms with van der Waals surface area (Å²) in [6, 6.07) is 4.97. The predicted octanol–water partition coefficient (Wildman–Crippen LogP) is 6.91. The second-order valence-corrected chi connectivity index (χ2v) is 10.2. The van der Waals surface area contributed by atoms with Crippen LogP contribution in [0.2, 0.25) is 20.1 Å². The van der Waals surface area contributed by atoms with Crippen molar-refractivity contribution >= 4 is 75.8 Å². The molecule has 1 heterocycles. The molecule has 0 radical (unpaired) electrons. The topological polar surface area (TPSA) is 92.8 Å². The molecular weight excluding hydrogens is 550 g/mol. The highest BCUT2D eigenvalue weighted by atomic mass is 35.5. The van der Waals surface area contributed by atoms with E-state index in [1.54, 1.807) is 0 Å². The summed E-state index contributed by atoms with van der Waals surface area (Å²) < 4.78 is 5.20. The molecule has 3 rings (SSSR count). The Labute approximate surface area is 229 Å². The third-order valence-electron chi connectivity index (χ3n) is 5.51. The monoisotopic (exact) mass is 572 g/mol. The molecule has 0 unspecified atom stereocenters. The fourth-order valence-electron chi connectivity index (χ4n) is 3.67. The SMILES string of the molecule is CCCC[C@@H](C(=O)Nc1ccc(C(=O)OCC(C)C)cc1)N1C(=O)c2c(Cl)c(Cl)c(Cl)c(Cl)c2C1=O. The zero-order chi connectivity index (χ0) is 26.7. The molecule has 1 N–H and O–H groups in total. The Balaban J connectivity index is 1.85. The molecule has 0 fully saturated rings. The van der Waals surface area contributed by atoms with Gasteiger partial charge in [-0.1, -0.05) is 80.0 Å². The molecule has 1 aliphatic rings. The Kier molecular flexibility index (Phi) is 9.28. The quantitative estimate of drug-likeness (QED) is 0.152. The number of benzene rings is 2. The van der Waals surface area contributed by atoms with Crippen molar-refractivity contribution in [1.29, 1.82) is 0 Å². The van der Waals surface area contributed by atoms with Gasteiger partial charge in [-0.3, -0.25) is 19.3 Å². The Morgan fingerprint density at radius 3 is 1.92 bits per heavy atom. The second-order valence-electron chi connectivity index (χ2n) is 8.70. The van der Waals surface area contributed by atoms with E-state index < -0.39 is 29.7 Å². The molecule has 0 bridgehead atoms. The number of fused-ring (bicyclic) bond motifs is 1. The van der Waals surface area contributed by atoms with Crippen LogP contribution in [0.5, 0.6) is 0 Å². The summed E-state index contributed by atoms with van der Waals surface area (Å²) in [5, 5.41) is 2.02. The minimum atomic E-state index is -1.14. The van der Waals surface area contributed by atoms with E-state index in [1.807, 2.05) is 20.8 Å². The van der Waals surface area contributed by atoms with E-state index in [0.717, 1.165) is 11.3 Å². The van der Waals surface area contributed by atoms with E-state index in [2.05, 4.69) is 5.32 Å². The van der Waals surface area contributed by atoms with Crippen LogP contribution < -0.4 is 5.32 Å². The summed E-state index contributed by atoms with van der Waals surface area (Å²) in [7, 11) is 0. The lowest BCUT2D eigenvalue weighted by molar-refractivity contribution is -0.120. The number of hydrogen-bond acceptors (Lipinski definition) is 5. The highest BCUT2D eigenvalue weighted by molar-refractivity contribution is 6.55. The van der Waals surface area contributed by atoms with Gasteiger partial charge >= 0.3 is 5.97 Å². The van der Waals surface area contributed by atoms with E-state index >= 15 is 0 Å². The largest absolute Gasteiger partial charge is 0.462 e. The zero-order valence-corrected chi connectivity index (χ0v) is 22.8. The number of carbonyl (C=O) groups excluding carboxylic acids is 4. The number of halogens is 4. The average Bonchev–Trinajstić information content (AvgIpc) is 3.10. The van der Waals surface area contributed by atoms with Gasteiger partial charge in [-0.15, -0.1) is 0 Å². The molecule has 0 saturated heterocycles. The molecule has 7 nitrogen and oxygen atoms in total. The molecule has 0 aromatic heterocycles. The number of rotatable bonds is 9. The van der Waals surface area contributed by atoms with Gasteiger partial charge in [0.2, 0.25) is 5.91 Å². The van der Waals surface area contributed by atoms with Crippen molar-refractivity contribution in [2.24, 2.45) is 5.92 Å². The van der Waals surface area contributed by atoms with Gasteiger partial charge < -0.3 is 10.1 Å². The molecule has 36 heavy (non-hydrogen) atoms. The number of nitrogens with one attached hydrogen (secondary N) is 1.